The standard InChI is InChI=1S/C16H14ClN5O2S/c1-24-11-6-4-10(5-7-11)15-20-16(22-21-15)25-9-13(23)19-12-3-2-8-18-14(12)17/h2-8H,9H2,1H3,(H,19,23)(H,20,21,22). The van der Waals surface area contributed by atoms with Crippen LogP contribution in [0.3, 0.4) is 0 Å². The number of nitrogens with zero attached hydrogens (tertiary/aromatic N) is 3. The van der Waals surface area contributed by atoms with Crippen LogP contribution in [0.4, 0.5) is 5.69 Å². The SMILES string of the molecule is COc1ccc(-c2nc(SCC(=O)Nc3cccnc3Cl)n[nH]2)cc1. The maximum Gasteiger partial charge on any atom is 0.234 e. The summed E-state index contributed by atoms with van der Waals surface area (Å²) < 4.78 is 5.12. The third-order valence-corrected chi connectivity index (χ3v) is 4.34. The Morgan fingerprint density at radius 3 is 2.84 bits per heavy atom. The lowest BCUT2D eigenvalue weighted by molar-refractivity contribution is -0.113. The van der Waals surface area contributed by atoms with Gasteiger partial charge in [0, 0.05) is 11.8 Å². The number of H-pyrrole nitrogens is 1. The fourth-order valence-corrected chi connectivity index (χ4v) is 2.75. The molecule has 2 aromatic heterocycles. The molecule has 0 bridgehead atoms. The summed E-state index contributed by atoms with van der Waals surface area (Å²) in [7, 11) is 1.61. The van der Waals surface area contributed by atoms with Crippen molar-refractivity contribution in [3.63, 3.8) is 0 Å². The molecule has 2 heterocycles. The third-order valence-electron chi connectivity index (χ3n) is 3.19. The molecule has 0 aliphatic carbocycles. The summed E-state index contributed by atoms with van der Waals surface area (Å²) in [6.07, 6.45) is 1.56. The minimum Gasteiger partial charge on any atom is -0.497 e. The van der Waals surface area contributed by atoms with E-state index < -0.39 is 0 Å². The molecule has 0 spiro atoms. The van der Waals surface area contributed by atoms with Crippen molar-refractivity contribution >= 4 is 35.0 Å². The zero-order chi connectivity index (χ0) is 17.6. The summed E-state index contributed by atoms with van der Waals surface area (Å²) >= 11 is 7.13. The van der Waals surface area contributed by atoms with Gasteiger partial charge in [-0.25, -0.2) is 9.97 Å². The molecule has 0 radical (unpaired) electrons. The molecule has 1 amide bonds. The largest absolute Gasteiger partial charge is 0.497 e. The van der Waals surface area contributed by atoms with E-state index in [4.69, 9.17) is 16.3 Å². The number of ether oxygens (including phenoxy) is 1. The number of anilines is 1. The van der Waals surface area contributed by atoms with Crippen LogP contribution < -0.4 is 10.1 Å². The first-order chi connectivity index (χ1) is 12.2. The third kappa shape index (κ3) is 4.49. The second-order valence-corrected chi connectivity index (χ2v) is 6.17. The van der Waals surface area contributed by atoms with Gasteiger partial charge in [0.05, 0.1) is 18.6 Å². The first kappa shape index (κ1) is 17.2. The molecule has 0 atom stereocenters. The smallest absolute Gasteiger partial charge is 0.234 e. The molecular weight excluding hydrogens is 362 g/mol. The van der Waals surface area contributed by atoms with Gasteiger partial charge in [0.25, 0.3) is 0 Å². The number of hydrogen-bond donors (Lipinski definition) is 2. The average Bonchev–Trinajstić information content (AvgIpc) is 3.11. The van der Waals surface area contributed by atoms with Gasteiger partial charge in [-0.2, -0.15) is 0 Å². The van der Waals surface area contributed by atoms with E-state index in [1.807, 2.05) is 24.3 Å². The number of benzene rings is 1. The first-order valence-corrected chi connectivity index (χ1v) is 8.62. The zero-order valence-corrected chi connectivity index (χ0v) is 14.8. The molecule has 0 aliphatic heterocycles. The molecule has 128 valence electrons. The van der Waals surface area contributed by atoms with E-state index in [1.54, 1.807) is 25.4 Å². The van der Waals surface area contributed by atoms with Gasteiger partial charge in [-0.05, 0) is 36.4 Å². The predicted molar refractivity (Wildman–Crippen MR) is 97.0 cm³/mol. The number of aromatic nitrogens is 4. The van der Waals surface area contributed by atoms with Crippen LogP contribution in [0.15, 0.2) is 47.8 Å². The van der Waals surface area contributed by atoms with Crippen LogP contribution in [0.2, 0.25) is 5.15 Å². The van der Waals surface area contributed by atoms with E-state index in [1.165, 1.54) is 11.8 Å². The zero-order valence-electron chi connectivity index (χ0n) is 13.2. The second-order valence-electron chi connectivity index (χ2n) is 4.87. The molecule has 0 saturated heterocycles. The van der Waals surface area contributed by atoms with Gasteiger partial charge < -0.3 is 10.1 Å². The Bertz CT molecular complexity index is 869. The Balaban J connectivity index is 1.58. The second kappa shape index (κ2) is 8.00. The molecule has 3 aromatic rings. The van der Waals surface area contributed by atoms with Gasteiger partial charge in [-0.15, -0.1) is 5.10 Å². The molecule has 1 aromatic carbocycles. The highest BCUT2D eigenvalue weighted by molar-refractivity contribution is 7.99. The fraction of sp³-hybridized carbons (Fsp3) is 0.125. The molecule has 0 fully saturated rings. The molecule has 0 aliphatic rings. The Morgan fingerprint density at radius 2 is 2.12 bits per heavy atom. The van der Waals surface area contributed by atoms with Crippen molar-refractivity contribution in [3.8, 4) is 17.1 Å². The molecule has 9 heteroatoms. The van der Waals surface area contributed by atoms with Gasteiger partial charge in [0.15, 0.2) is 11.0 Å². The highest BCUT2D eigenvalue weighted by Gasteiger charge is 2.10. The normalized spacial score (nSPS) is 10.5. The molecule has 25 heavy (non-hydrogen) atoms. The van der Waals surface area contributed by atoms with Crippen molar-refractivity contribution in [2.45, 2.75) is 5.16 Å². The number of hydrogen-bond acceptors (Lipinski definition) is 6. The highest BCUT2D eigenvalue weighted by atomic mass is 35.5. The number of carbonyl (C=O) groups excluding carboxylic acids is 1. The van der Waals surface area contributed by atoms with E-state index in [0.29, 0.717) is 16.7 Å². The monoisotopic (exact) mass is 375 g/mol. The van der Waals surface area contributed by atoms with Crippen LogP contribution in [0, 0.1) is 0 Å². The predicted octanol–water partition coefficient (Wildman–Crippen LogP) is 3.26. The number of aromatic amines is 1. The van der Waals surface area contributed by atoms with Crippen LogP contribution in [0.1, 0.15) is 0 Å². The minimum atomic E-state index is -0.212. The minimum absolute atomic E-state index is 0.158. The number of halogens is 1. The van der Waals surface area contributed by atoms with Crippen molar-refractivity contribution in [2.24, 2.45) is 0 Å². The molecule has 0 saturated carbocycles. The maximum absolute atomic E-state index is 12.0. The van der Waals surface area contributed by atoms with E-state index in [-0.39, 0.29) is 16.8 Å². The Kier molecular flexibility index (Phi) is 5.52. The van der Waals surface area contributed by atoms with Gasteiger partial charge >= 0.3 is 0 Å². The number of amides is 1. The van der Waals surface area contributed by atoms with Gasteiger partial charge in [0.1, 0.15) is 5.75 Å². The summed E-state index contributed by atoms with van der Waals surface area (Å²) in [6, 6.07) is 10.8. The lowest BCUT2D eigenvalue weighted by atomic mass is 10.2. The summed E-state index contributed by atoms with van der Waals surface area (Å²) in [5.41, 5.74) is 1.36. The van der Waals surface area contributed by atoms with Crippen LogP contribution >= 0.6 is 23.4 Å². The fourth-order valence-electron chi connectivity index (χ4n) is 1.98. The van der Waals surface area contributed by atoms with Crippen molar-refractivity contribution < 1.29 is 9.53 Å². The summed E-state index contributed by atoms with van der Waals surface area (Å²) in [5.74, 6) is 1.34. The Labute approximate surface area is 153 Å². The number of rotatable bonds is 6. The number of pyridine rings is 1. The quantitative estimate of drug-likeness (QED) is 0.507. The number of methoxy groups -OCH3 is 1. The van der Waals surface area contributed by atoms with E-state index >= 15 is 0 Å². The van der Waals surface area contributed by atoms with Gasteiger partial charge in [-0.3, -0.25) is 9.89 Å². The lowest BCUT2D eigenvalue weighted by Crippen LogP contribution is -2.14. The number of thioether (sulfide) groups is 1. The number of nitrogens with one attached hydrogen (secondary N) is 2. The molecule has 7 nitrogen and oxygen atoms in total. The van der Waals surface area contributed by atoms with E-state index in [0.717, 1.165) is 11.3 Å². The first-order valence-electron chi connectivity index (χ1n) is 7.25. The van der Waals surface area contributed by atoms with Crippen molar-refractivity contribution in [1.29, 1.82) is 0 Å². The maximum atomic E-state index is 12.0. The van der Waals surface area contributed by atoms with Gasteiger partial charge in [-0.1, -0.05) is 23.4 Å². The molecule has 3 rings (SSSR count). The van der Waals surface area contributed by atoms with Crippen molar-refractivity contribution in [1.82, 2.24) is 20.2 Å². The van der Waals surface area contributed by atoms with Crippen LogP contribution in [-0.4, -0.2) is 38.9 Å². The highest BCUT2D eigenvalue weighted by Crippen LogP contribution is 2.22. The van der Waals surface area contributed by atoms with Crippen molar-refractivity contribution in [3.05, 3.63) is 47.7 Å². The molecular formula is C16H14ClN5O2S. The van der Waals surface area contributed by atoms with Crippen molar-refractivity contribution in [2.75, 3.05) is 18.2 Å². The Hall–Kier alpha value is -2.58. The van der Waals surface area contributed by atoms with Gasteiger partial charge in [0.2, 0.25) is 11.1 Å². The van der Waals surface area contributed by atoms with Crippen LogP contribution in [0.25, 0.3) is 11.4 Å². The lowest BCUT2D eigenvalue weighted by Gasteiger charge is -2.04. The Morgan fingerprint density at radius 1 is 1.32 bits per heavy atom. The van der Waals surface area contributed by atoms with Crippen LogP contribution in [0.5, 0.6) is 5.75 Å². The summed E-state index contributed by atoms with van der Waals surface area (Å²) in [4.78, 5) is 20.3. The topological polar surface area (TPSA) is 92.8 Å². The van der Waals surface area contributed by atoms with Crippen LogP contribution in [-0.2, 0) is 4.79 Å². The number of carbonyl (C=O) groups is 1. The molecule has 2 N–H and O–H groups in total. The summed E-state index contributed by atoms with van der Waals surface area (Å²) in [5, 5.41) is 10.4. The summed E-state index contributed by atoms with van der Waals surface area (Å²) in [6.45, 7) is 0. The average molecular weight is 376 g/mol. The van der Waals surface area contributed by atoms with E-state index in [9.17, 15) is 4.79 Å². The molecule has 0 unspecified atom stereocenters. The van der Waals surface area contributed by atoms with E-state index in [2.05, 4.69) is 25.5 Å².